The summed E-state index contributed by atoms with van der Waals surface area (Å²) in [4.78, 5) is 11.7. The Bertz CT molecular complexity index is 498. The van der Waals surface area contributed by atoms with E-state index in [1.54, 1.807) is 13.8 Å². The van der Waals surface area contributed by atoms with Crippen molar-refractivity contribution in [1.82, 2.24) is 5.32 Å². The van der Waals surface area contributed by atoms with Gasteiger partial charge in [-0.3, -0.25) is 4.79 Å². The molecule has 20 heavy (non-hydrogen) atoms. The molecule has 1 N–H and O–H groups in total. The predicted octanol–water partition coefficient (Wildman–Crippen LogP) is 3.00. The lowest BCUT2D eigenvalue weighted by Gasteiger charge is -2.23. The van der Waals surface area contributed by atoms with Gasteiger partial charge in [0.15, 0.2) is 0 Å². The molecule has 0 atom stereocenters. The maximum atomic E-state index is 13.7. The molecule has 1 rings (SSSR count). The van der Waals surface area contributed by atoms with Crippen LogP contribution >= 0.6 is 0 Å². The van der Waals surface area contributed by atoms with E-state index in [1.807, 2.05) is 0 Å². The van der Waals surface area contributed by atoms with Crippen molar-refractivity contribution in [2.45, 2.75) is 25.6 Å². The highest BCUT2D eigenvalue weighted by Gasteiger charge is 2.35. The van der Waals surface area contributed by atoms with E-state index in [2.05, 4.69) is 5.32 Å². The van der Waals surface area contributed by atoms with Gasteiger partial charge in [-0.25, -0.2) is 4.39 Å². The minimum atomic E-state index is -4.84. The van der Waals surface area contributed by atoms with Gasteiger partial charge in [-0.05, 0) is 26.0 Å². The van der Waals surface area contributed by atoms with Gasteiger partial charge in [-0.2, -0.15) is 13.2 Å². The van der Waals surface area contributed by atoms with Crippen LogP contribution in [-0.4, -0.2) is 25.2 Å². The van der Waals surface area contributed by atoms with E-state index in [0.29, 0.717) is 6.07 Å². The number of ether oxygens (including phenoxy) is 1. The van der Waals surface area contributed by atoms with E-state index in [9.17, 15) is 22.4 Å². The number of halogens is 4. The molecule has 0 aliphatic rings. The zero-order valence-corrected chi connectivity index (χ0v) is 11.3. The van der Waals surface area contributed by atoms with Crippen molar-refractivity contribution >= 4 is 5.91 Å². The fraction of sp³-hybridized carbons (Fsp3) is 0.462. The molecule has 112 valence electrons. The zero-order chi connectivity index (χ0) is 15.6. The normalized spacial score (nSPS) is 12.3. The highest BCUT2D eigenvalue weighted by molar-refractivity contribution is 5.94. The van der Waals surface area contributed by atoms with Crippen LogP contribution in [0.3, 0.4) is 0 Å². The predicted molar refractivity (Wildman–Crippen MR) is 64.8 cm³/mol. The number of hydrogen-bond acceptors (Lipinski definition) is 2. The summed E-state index contributed by atoms with van der Waals surface area (Å²) in [6.07, 6.45) is -4.84. The summed E-state index contributed by atoms with van der Waals surface area (Å²) in [5, 5.41) is 2.34. The van der Waals surface area contributed by atoms with Crippen molar-refractivity contribution in [3.8, 4) is 0 Å². The Morgan fingerprint density at radius 1 is 1.30 bits per heavy atom. The number of nitrogens with one attached hydrogen (secondary N) is 1. The molecule has 0 saturated heterocycles. The summed E-state index contributed by atoms with van der Waals surface area (Å²) < 4.78 is 56.3. The van der Waals surface area contributed by atoms with E-state index in [0.717, 1.165) is 12.1 Å². The first-order valence-electron chi connectivity index (χ1n) is 5.77. The number of amides is 1. The van der Waals surface area contributed by atoms with Crippen molar-refractivity contribution in [3.63, 3.8) is 0 Å². The van der Waals surface area contributed by atoms with Gasteiger partial charge in [-0.1, -0.05) is 6.07 Å². The van der Waals surface area contributed by atoms with Gasteiger partial charge >= 0.3 is 6.18 Å². The Hall–Kier alpha value is -1.63. The van der Waals surface area contributed by atoms with Crippen LogP contribution < -0.4 is 5.32 Å². The lowest BCUT2D eigenvalue weighted by atomic mass is 10.1. The van der Waals surface area contributed by atoms with Crippen molar-refractivity contribution in [2.24, 2.45) is 0 Å². The minimum absolute atomic E-state index is 0.0397. The average molecular weight is 293 g/mol. The van der Waals surface area contributed by atoms with Gasteiger partial charge in [0.1, 0.15) is 5.82 Å². The summed E-state index contributed by atoms with van der Waals surface area (Å²) >= 11 is 0. The molecule has 0 unspecified atom stereocenters. The molecule has 1 amide bonds. The molecule has 0 saturated carbocycles. The summed E-state index contributed by atoms with van der Waals surface area (Å²) in [6, 6.07) is 2.58. The molecule has 0 bridgehead atoms. The maximum absolute atomic E-state index is 13.7. The lowest BCUT2D eigenvalue weighted by molar-refractivity contribution is -0.140. The van der Waals surface area contributed by atoms with Crippen molar-refractivity contribution in [2.75, 3.05) is 13.7 Å². The lowest BCUT2D eigenvalue weighted by Crippen LogP contribution is -2.40. The monoisotopic (exact) mass is 293 g/mol. The molecule has 0 heterocycles. The fourth-order valence-electron chi connectivity index (χ4n) is 1.39. The van der Waals surface area contributed by atoms with E-state index < -0.39 is 34.6 Å². The first kappa shape index (κ1) is 16.4. The number of carbonyl (C=O) groups excluding carboxylic acids is 1. The van der Waals surface area contributed by atoms with Crippen LogP contribution in [-0.2, 0) is 10.9 Å². The topological polar surface area (TPSA) is 38.3 Å². The highest BCUT2D eigenvalue weighted by Crippen LogP contribution is 2.32. The van der Waals surface area contributed by atoms with Crippen molar-refractivity contribution in [1.29, 1.82) is 0 Å². The van der Waals surface area contributed by atoms with Crippen LogP contribution in [0, 0.1) is 5.82 Å². The first-order valence-corrected chi connectivity index (χ1v) is 5.77. The molecular weight excluding hydrogens is 278 g/mol. The van der Waals surface area contributed by atoms with Gasteiger partial charge in [-0.15, -0.1) is 0 Å². The van der Waals surface area contributed by atoms with Crippen molar-refractivity contribution in [3.05, 3.63) is 35.1 Å². The Balaban J connectivity index is 2.95. The zero-order valence-electron chi connectivity index (χ0n) is 11.3. The average Bonchev–Trinajstić information content (AvgIpc) is 2.35. The quantitative estimate of drug-likeness (QED) is 0.867. The minimum Gasteiger partial charge on any atom is -0.377 e. The van der Waals surface area contributed by atoms with Crippen LogP contribution in [0.5, 0.6) is 0 Å². The Morgan fingerprint density at radius 3 is 2.40 bits per heavy atom. The second-order valence-electron chi connectivity index (χ2n) is 4.81. The molecule has 1 aromatic rings. The Labute approximate surface area is 113 Å². The standard InChI is InChI=1S/C13H15F4NO2/c1-12(2,20-3)7-18-11(19)8-5-4-6-9(10(8)14)13(15,16)17/h4-6H,7H2,1-3H3,(H,18,19). The molecular formula is C13H15F4NO2. The van der Waals surface area contributed by atoms with Crippen LogP contribution in [0.2, 0.25) is 0 Å². The van der Waals surface area contributed by atoms with Crippen LogP contribution in [0.25, 0.3) is 0 Å². The third-order valence-corrected chi connectivity index (χ3v) is 2.78. The molecule has 0 fully saturated rings. The number of rotatable bonds is 4. The fourth-order valence-corrected chi connectivity index (χ4v) is 1.39. The largest absolute Gasteiger partial charge is 0.419 e. The second kappa shape index (κ2) is 5.78. The van der Waals surface area contributed by atoms with Gasteiger partial charge < -0.3 is 10.1 Å². The van der Waals surface area contributed by atoms with Crippen LogP contribution in [0.15, 0.2) is 18.2 Å². The second-order valence-corrected chi connectivity index (χ2v) is 4.81. The maximum Gasteiger partial charge on any atom is 0.419 e. The molecule has 0 radical (unpaired) electrons. The summed E-state index contributed by atoms with van der Waals surface area (Å²) in [5.41, 5.74) is -2.81. The molecule has 0 spiro atoms. The molecule has 7 heteroatoms. The number of carbonyl (C=O) groups is 1. The van der Waals surface area contributed by atoms with E-state index in [1.165, 1.54) is 7.11 Å². The Morgan fingerprint density at radius 2 is 1.90 bits per heavy atom. The third kappa shape index (κ3) is 3.93. The number of benzene rings is 1. The molecule has 1 aromatic carbocycles. The molecule has 0 aliphatic heterocycles. The van der Waals surface area contributed by atoms with Gasteiger partial charge in [0.25, 0.3) is 5.91 Å². The summed E-state index contributed by atoms with van der Waals surface area (Å²) in [7, 11) is 1.43. The Kier molecular flexibility index (Phi) is 4.75. The highest BCUT2D eigenvalue weighted by atomic mass is 19.4. The first-order chi connectivity index (χ1) is 9.08. The number of alkyl halides is 3. The summed E-state index contributed by atoms with van der Waals surface area (Å²) in [5.74, 6) is -2.49. The smallest absolute Gasteiger partial charge is 0.377 e. The van der Waals surface area contributed by atoms with Crippen molar-refractivity contribution < 1.29 is 27.1 Å². The SMILES string of the molecule is COC(C)(C)CNC(=O)c1cccc(C(F)(F)F)c1F. The molecule has 0 aliphatic carbocycles. The van der Waals surface area contributed by atoms with E-state index >= 15 is 0 Å². The van der Waals surface area contributed by atoms with Gasteiger partial charge in [0.2, 0.25) is 0 Å². The number of hydrogen-bond donors (Lipinski definition) is 1. The van der Waals surface area contributed by atoms with Crippen LogP contribution in [0.1, 0.15) is 29.8 Å². The third-order valence-electron chi connectivity index (χ3n) is 2.78. The van der Waals surface area contributed by atoms with Gasteiger partial charge in [0, 0.05) is 13.7 Å². The molecule has 0 aromatic heterocycles. The van der Waals surface area contributed by atoms with E-state index in [-0.39, 0.29) is 6.54 Å². The van der Waals surface area contributed by atoms with E-state index in [4.69, 9.17) is 4.74 Å². The number of methoxy groups -OCH3 is 1. The van der Waals surface area contributed by atoms with Crippen LogP contribution in [0.4, 0.5) is 17.6 Å². The van der Waals surface area contributed by atoms with Gasteiger partial charge in [0.05, 0.1) is 16.7 Å². The summed E-state index contributed by atoms with van der Waals surface area (Å²) in [6.45, 7) is 3.39. The molecule has 3 nitrogen and oxygen atoms in total.